The summed E-state index contributed by atoms with van der Waals surface area (Å²) in [6, 6.07) is 14.6. The number of rotatable bonds is 6. The second-order valence-electron chi connectivity index (χ2n) is 4.65. The molecule has 6 heteroatoms. The van der Waals surface area contributed by atoms with Crippen LogP contribution in [0.3, 0.4) is 0 Å². The number of nitrogens with zero attached hydrogens (tertiary/aromatic N) is 1. The normalized spacial score (nSPS) is 12.2. The summed E-state index contributed by atoms with van der Waals surface area (Å²) in [5, 5.41) is 9.49. The summed E-state index contributed by atoms with van der Waals surface area (Å²) in [6.07, 6.45) is -0.849. The van der Waals surface area contributed by atoms with Crippen molar-refractivity contribution in [1.29, 1.82) is 0 Å². The van der Waals surface area contributed by atoms with Gasteiger partial charge in [0, 0.05) is 44.4 Å². The number of benzene rings is 1. The molecule has 0 aliphatic rings. The molecule has 1 aromatic carbocycles. The van der Waals surface area contributed by atoms with Crippen molar-refractivity contribution >= 4 is 5.78 Å². The van der Waals surface area contributed by atoms with Gasteiger partial charge in [0.05, 0.1) is 11.5 Å². The summed E-state index contributed by atoms with van der Waals surface area (Å²) in [5.74, 6) is 0.0541. The Morgan fingerprint density at radius 1 is 1.39 bits per heavy atom. The van der Waals surface area contributed by atoms with Crippen LogP contribution in [-0.2, 0) is 24.9 Å². The van der Waals surface area contributed by atoms with Crippen LogP contribution in [0.5, 0.6) is 11.6 Å². The molecule has 1 heterocycles. The maximum Gasteiger partial charge on any atom is 0.216 e. The summed E-state index contributed by atoms with van der Waals surface area (Å²) in [5.41, 5.74) is 0.122. The number of para-hydroxylation sites is 1. The Kier molecular flexibility index (Phi) is 7.58. The quantitative estimate of drug-likeness (QED) is 0.375. The van der Waals surface area contributed by atoms with Crippen LogP contribution in [-0.4, -0.2) is 15.9 Å². The number of ketones is 1. The fourth-order valence-electron chi connectivity index (χ4n) is 1.80. The molecule has 0 saturated carbocycles. The summed E-state index contributed by atoms with van der Waals surface area (Å²) in [6.45, 7) is 1.28. The van der Waals surface area contributed by atoms with Crippen molar-refractivity contribution in [3.05, 3.63) is 66.1 Å². The van der Waals surface area contributed by atoms with Crippen molar-refractivity contribution in [1.82, 2.24) is 4.98 Å². The monoisotopic (exact) mass is 493 g/mol. The van der Waals surface area contributed by atoms with Crippen LogP contribution in [0.2, 0.25) is 0 Å². The van der Waals surface area contributed by atoms with Crippen molar-refractivity contribution in [2.45, 2.75) is 19.5 Å². The fourth-order valence-corrected chi connectivity index (χ4v) is 1.80. The molecule has 4 nitrogen and oxygen atoms in total. The van der Waals surface area contributed by atoms with Gasteiger partial charge >= 0.3 is 0 Å². The minimum absolute atomic E-state index is 0. The Morgan fingerprint density at radius 3 is 2.83 bits per heavy atom. The molecule has 0 aliphatic carbocycles. The van der Waals surface area contributed by atoms with Crippen LogP contribution >= 0.6 is 0 Å². The molecule has 0 spiro atoms. The minimum atomic E-state index is -1.53. The summed E-state index contributed by atoms with van der Waals surface area (Å²) >= 11 is 0. The van der Waals surface area contributed by atoms with Gasteiger partial charge in [0.1, 0.15) is 6.17 Å². The first-order valence-corrected chi connectivity index (χ1v) is 6.70. The molecular formula is C17H15FIrNO3-. The molecule has 1 aromatic heterocycles. The molecule has 0 fully saturated rings. The van der Waals surface area contributed by atoms with Crippen molar-refractivity contribution in [2.24, 2.45) is 0 Å². The molecule has 1 radical (unpaired) electrons. The van der Waals surface area contributed by atoms with E-state index < -0.39 is 6.17 Å². The van der Waals surface area contributed by atoms with Crippen molar-refractivity contribution in [3.8, 4) is 11.6 Å². The smallest absolute Gasteiger partial charge is 0.216 e. The first-order chi connectivity index (χ1) is 10.5. The van der Waals surface area contributed by atoms with Crippen molar-refractivity contribution in [3.63, 3.8) is 0 Å². The number of pyridine rings is 1. The van der Waals surface area contributed by atoms with Gasteiger partial charge in [-0.05, 0) is 13.0 Å². The standard InChI is InChI=1S/C17H15FNO3.Ir/c1-12(20)10-13(21)11-15(18)16-8-5-9-17(19-16)22-14-6-3-2-4-7-14;/h2-6,8-10,15,21H,11H2,1H3;/q-1;/b13-10-;. The molecule has 1 unspecified atom stereocenters. The van der Waals surface area contributed by atoms with E-state index in [1.807, 2.05) is 0 Å². The molecule has 1 N–H and O–H groups in total. The Balaban J connectivity index is 0.00000264. The number of ether oxygens (including phenoxy) is 1. The van der Waals surface area contributed by atoms with E-state index in [1.54, 1.807) is 36.4 Å². The van der Waals surface area contributed by atoms with E-state index in [9.17, 15) is 14.3 Å². The van der Waals surface area contributed by atoms with E-state index >= 15 is 0 Å². The molecule has 2 aromatic rings. The molecule has 23 heavy (non-hydrogen) atoms. The van der Waals surface area contributed by atoms with E-state index in [2.05, 4.69) is 11.1 Å². The molecule has 1 atom stereocenters. The average molecular weight is 493 g/mol. The Morgan fingerprint density at radius 2 is 2.17 bits per heavy atom. The second-order valence-corrected chi connectivity index (χ2v) is 4.65. The van der Waals surface area contributed by atoms with Gasteiger partial charge in [0.2, 0.25) is 5.88 Å². The van der Waals surface area contributed by atoms with Crippen LogP contribution < -0.4 is 4.74 Å². The fraction of sp³-hybridized carbons (Fsp3) is 0.176. The van der Waals surface area contributed by atoms with Gasteiger partial charge < -0.3 is 9.84 Å². The molecule has 0 aliphatic heterocycles. The number of carbonyl (C=O) groups excluding carboxylic acids is 1. The zero-order valence-corrected chi connectivity index (χ0v) is 14.7. The zero-order valence-electron chi connectivity index (χ0n) is 12.3. The van der Waals surface area contributed by atoms with Gasteiger partial charge in [-0.2, -0.15) is 18.2 Å². The third-order valence-electron chi connectivity index (χ3n) is 2.72. The van der Waals surface area contributed by atoms with E-state index in [0.29, 0.717) is 5.75 Å². The maximum atomic E-state index is 14.1. The molecule has 0 bridgehead atoms. The Hall–Kier alpha value is -2.04. The van der Waals surface area contributed by atoms with E-state index in [-0.39, 0.29) is 49.6 Å². The molecule has 0 amide bonds. The summed E-state index contributed by atoms with van der Waals surface area (Å²) in [7, 11) is 0. The molecular weight excluding hydrogens is 477 g/mol. The van der Waals surface area contributed by atoms with E-state index in [1.165, 1.54) is 13.0 Å². The second kappa shape index (κ2) is 9.18. The summed E-state index contributed by atoms with van der Waals surface area (Å²) in [4.78, 5) is 14.9. The number of aromatic nitrogens is 1. The number of aliphatic hydroxyl groups is 1. The van der Waals surface area contributed by atoms with Gasteiger partial charge in [-0.3, -0.25) is 4.79 Å². The number of alkyl halides is 1. The van der Waals surface area contributed by atoms with Gasteiger partial charge in [0.15, 0.2) is 5.78 Å². The predicted octanol–water partition coefficient (Wildman–Crippen LogP) is 4.10. The zero-order chi connectivity index (χ0) is 15.9. The van der Waals surface area contributed by atoms with Crippen molar-refractivity contribution < 1.29 is 39.1 Å². The molecule has 123 valence electrons. The van der Waals surface area contributed by atoms with Gasteiger partial charge in [0.25, 0.3) is 0 Å². The predicted molar refractivity (Wildman–Crippen MR) is 79.4 cm³/mol. The summed E-state index contributed by atoms with van der Waals surface area (Å²) < 4.78 is 19.6. The van der Waals surface area contributed by atoms with Crippen LogP contribution in [0, 0.1) is 6.07 Å². The largest absolute Gasteiger partial charge is 0.512 e. The number of aliphatic hydroxyl groups excluding tert-OH is 1. The SMILES string of the molecule is CC(=O)/C=C(\O)CC(F)c1cccc(Oc2[c-]cccc2)n1.[Ir]. The topological polar surface area (TPSA) is 59.4 Å². The maximum absolute atomic E-state index is 14.1. The van der Waals surface area contributed by atoms with Gasteiger partial charge in [-0.15, -0.1) is 12.1 Å². The van der Waals surface area contributed by atoms with Crippen molar-refractivity contribution in [2.75, 3.05) is 0 Å². The van der Waals surface area contributed by atoms with Crippen LogP contribution in [0.1, 0.15) is 25.2 Å². The average Bonchev–Trinajstić information content (AvgIpc) is 2.47. The van der Waals surface area contributed by atoms with E-state index in [4.69, 9.17) is 4.74 Å². The third kappa shape index (κ3) is 6.30. The van der Waals surface area contributed by atoms with Crippen LogP contribution in [0.25, 0.3) is 0 Å². The first-order valence-electron chi connectivity index (χ1n) is 6.70. The van der Waals surface area contributed by atoms with Gasteiger partial charge in [-0.1, -0.05) is 6.07 Å². The van der Waals surface area contributed by atoms with Crippen LogP contribution in [0.15, 0.2) is 54.3 Å². The number of hydrogen-bond acceptors (Lipinski definition) is 4. The number of carbonyl (C=O) groups is 1. The van der Waals surface area contributed by atoms with Crippen LogP contribution in [0.4, 0.5) is 4.39 Å². The third-order valence-corrected chi connectivity index (χ3v) is 2.72. The first kappa shape index (κ1) is 19.0. The Bertz CT molecular complexity index is 677. The molecule has 2 rings (SSSR count). The molecule has 0 saturated heterocycles. The minimum Gasteiger partial charge on any atom is -0.512 e. The number of allylic oxidation sites excluding steroid dienone is 2. The number of hydrogen-bond donors (Lipinski definition) is 1. The van der Waals surface area contributed by atoms with E-state index in [0.717, 1.165) is 6.08 Å². The number of halogens is 1. The van der Waals surface area contributed by atoms with Gasteiger partial charge in [-0.25, -0.2) is 9.37 Å². The Labute approximate surface area is 147 Å².